The van der Waals surface area contributed by atoms with Crippen molar-refractivity contribution >= 4 is 21.6 Å². The molecule has 0 radical (unpaired) electrons. The Hall–Kier alpha value is -2.52. The van der Waals surface area contributed by atoms with Crippen molar-refractivity contribution in [3.8, 4) is 5.75 Å². The number of para-hydroxylation sites is 2. The second kappa shape index (κ2) is 8.24. The molecule has 0 saturated carbocycles. The van der Waals surface area contributed by atoms with Crippen LogP contribution >= 0.6 is 0 Å². The summed E-state index contributed by atoms with van der Waals surface area (Å²) in [7, 11) is -2.44. The van der Waals surface area contributed by atoms with Gasteiger partial charge in [-0.2, -0.15) is 4.31 Å². The van der Waals surface area contributed by atoms with Crippen molar-refractivity contribution in [2.24, 2.45) is 5.92 Å². The molecule has 0 aliphatic carbocycles. The summed E-state index contributed by atoms with van der Waals surface area (Å²) in [4.78, 5) is 12.2. The normalized spacial score (nSPS) is 16.0. The zero-order chi connectivity index (χ0) is 20.3. The first-order valence-electron chi connectivity index (χ1n) is 8.72. The van der Waals surface area contributed by atoms with E-state index >= 15 is 0 Å². The van der Waals surface area contributed by atoms with E-state index < -0.39 is 21.7 Å². The average Bonchev–Trinajstić information content (AvgIpc) is 2.70. The van der Waals surface area contributed by atoms with Gasteiger partial charge in [-0.1, -0.05) is 12.1 Å². The number of nitrogens with zero attached hydrogens (tertiary/aromatic N) is 1. The van der Waals surface area contributed by atoms with Gasteiger partial charge in [-0.25, -0.2) is 17.2 Å². The van der Waals surface area contributed by atoms with Crippen LogP contribution < -0.4 is 10.1 Å². The summed E-state index contributed by atoms with van der Waals surface area (Å²) in [6.45, 7) is 0.233. The van der Waals surface area contributed by atoms with E-state index in [9.17, 15) is 22.0 Å². The van der Waals surface area contributed by atoms with Crippen molar-refractivity contribution in [1.82, 2.24) is 4.31 Å². The number of halogens is 2. The Kier molecular flexibility index (Phi) is 5.95. The summed E-state index contributed by atoms with van der Waals surface area (Å²) < 4.78 is 58.1. The van der Waals surface area contributed by atoms with Crippen LogP contribution in [-0.4, -0.2) is 38.8 Å². The number of carbonyl (C=O) groups excluding carboxylic acids is 1. The van der Waals surface area contributed by atoms with Crippen molar-refractivity contribution in [3.05, 3.63) is 54.1 Å². The maximum Gasteiger partial charge on any atom is 0.243 e. The number of piperidine rings is 1. The highest BCUT2D eigenvalue weighted by Gasteiger charge is 2.32. The Labute approximate surface area is 162 Å². The van der Waals surface area contributed by atoms with Crippen molar-refractivity contribution in [1.29, 1.82) is 0 Å². The summed E-state index contributed by atoms with van der Waals surface area (Å²) in [6.07, 6.45) is 0.647. The van der Waals surface area contributed by atoms with Crippen molar-refractivity contribution in [2.75, 3.05) is 25.5 Å². The first kappa shape index (κ1) is 20.2. The fourth-order valence-corrected chi connectivity index (χ4v) is 4.61. The predicted octanol–water partition coefficient (Wildman–Crippen LogP) is 3.01. The second-order valence-electron chi connectivity index (χ2n) is 6.44. The maximum absolute atomic E-state index is 13.4. The summed E-state index contributed by atoms with van der Waals surface area (Å²) in [5.74, 6) is -2.36. The molecule has 6 nitrogen and oxygen atoms in total. The van der Waals surface area contributed by atoms with E-state index in [1.807, 2.05) is 0 Å². The molecule has 1 amide bonds. The number of nitrogens with one attached hydrogen (secondary N) is 1. The molecule has 0 unspecified atom stereocenters. The van der Waals surface area contributed by atoms with Crippen LogP contribution in [0.2, 0.25) is 0 Å². The third-order valence-corrected chi connectivity index (χ3v) is 6.61. The monoisotopic (exact) mass is 410 g/mol. The number of benzene rings is 2. The molecule has 1 aliphatic heterocycles. The van der Waals surface area contributed by atoms with E-state index in [1.165, 1.54) is 11.4 Å². The van der Waals surface area contributed by atoms with Gasteiger partial charge in [0.15, 0.2) is 11.6 Å². The molecule has 9 heteroatoms. The lowest BCUT2D eigenvalue weighted by Crippen LogP contribution is -2.41. The van der Waals surface area contributed by atoms with E-state index in [4.69, 9.17) is 4.74 Å². The smallest absolute Gasteiger partial charge is 0.243 e. The van der Waals surface area contributed by atoms with Gasteiger partial charge in [0.2, 0.25) is 15.9 Å². The predicted molar refractivity (Wildman–Crippen MR) is 99.5 cm³/mol. The Bertz CT molecular complexity index is 974. The molecule has 2 aromatic rings. The molecular weight excluding hydrogens is 390 g/mol. The first-order chi connectivity index (χ1) is 13.3. The minimum atomic E-state index is -3.95. The van der Waals surface area contributed by atoms with Crippen LogP contribution in [0.1, 0.15) is 12.8 Å². The van der Waals surface area contributed by atoms with Crippen molar-refractivity contribution in [3.63, 3.8) is 0 Å². The lowest BCUT2D eigenvalue weighted by molar-refractivity contribution is -0.120. The highest BCUT2D eigenvalue weighted by molar-refractivity contribution is 7.89. The largest absolute Gasteiger partial charge is 0.495 e. The fraction of sp³-hybridized carbons (Fsp3) is 0.316. The van der Waals surface area contributed by atoms with Crippen LogP contribution in [-0.2, 0) is 14.8 Å². The Morgan fingerprint density at radius 3 is 2.43 bits per heavy atom. The van der Waals surface area contributed by atoms with Crippen LogP contribution in [0.4, 0.5) is 14.5 Å². The molecule has 1 aliphatic rings. The van der Waals surface area contributed by atoms with E-state index in [2.05, 4.69) is 5.32 Å². The molecule has 0 aromatic heterocycles. The van der Waals surface area contributed by atoms with Gasteiger partial charge in [0.25, 0.3) is 0 Å². The van der Waals surface area contributed by atoms with E-state index in [0.717, 1.165) is 12.1 Å². The average molecular weight is 410 g/mol. The molecule has 1 saturated heterocycles. The van der Waals surface area contributed by atoms with Crippen LogP contribution in [0, 0.1) is 17.6 Å². The molecule has 0 atom stereocenters. The standard InChI is InChI=1S/C19H20F2N2O4S/c1-27-18-5-3-2-4-17(18)22-19(24)13-8-10-23(11-9-13)28(25,26)14-6-7-15(20)16(21)12-14/h2-7,12-13H,8-11H2,1H3,(H,22,24). The molecule has 3 rings (SSSR count). The van der Waals surface area contributed by atoms with E-state index in [1.54, 1.807) is 24.3 Å². The molecule has 1 fully saturated rings. The number of methoxy groups -OCH3 is 1. The summed E-state index contributed by atoms with van der Waals surface area (Å²) in [6, 6.07) is 9.51. The van der Waals surface area contributed by atoms with Crippen LogP contribution in [0.15, 0.2) is 47.4 Å². The molecule has 0 bridgehead atoms. The van der Waals surface area contributed by atoms with Gasteiger partial charge >= 0.3 is 0 Å². The number of sulfonamides is 1. The van der Waals surface area contributed by atoms with Crippen molar-refractivity contribution in [2.45, 2.75) is 17.7 Å². The molecule has 28 heavy (non-hydrogen) atoms. The number of hydrogen-bond donors (Lipinski definition) is 1. The van der Waals surface area contributed by atoms with Crippen LogP contribution in [0.5, 0.6) is 5.75 Å². The molecule has 2 aromatic carbocycles. The van der Waals surface area contributed by atoms with Gasteiger partial charge in [-0.15, -0.1) is 0 Å². The Morgan fingerprint density at radius 2 is 1.79 bits per heavy atom. The third kappa shape index (κ3) is 4.15. The number of ether oxygens (including phenoxy) is 1. The third-order valence-electron chi connectivity index (χ3n) is 4.72. The van der Waals surface area contributed by atoms with E-state index in [0.29, 0.717) is 30.3 Å². The van der Waals surface area contributed by atoms with Gasteiger partial charge in [-0.3, -0.25) is 4.79 Å². The zero-order valence-electron chi connectivity index (χ0n) is 15.2. The fourth-order valence-electron chi connectivity index (χ4n) is 3.13. The zero-order valence-corrected chi connectivity index (χ0v) is 16.0. The number of anilines is 1. The SMILES string of the molecule is COc1ccccc1NC(=O)C1CCN(S(=O)(=O)c2ccc(F)c(F)c2)CC1. The summed E-state index contributed by atoms with van der Waals surface area (Å²) in [5, 5.41) is 2.81. The summed E-state index contributed by atoms with van der Waals surface area (Å²) in [5.41, 5.74) is 0.548. The van der Waals surface area contributed by atoms with E-state index in [-0.39, 0.29) is 29.8 Å². The number of carbonyl (C=O) groups is 1. The minimum absolute atomic E-state index is 0.116. The van der Waals surface area contributed by atoms with Crippen molar-refractivity contribution < 1.29 is 26.7 Å². The molecular formula is C19H20F2N2O4S. The highest BCUT2D eigenvalue weighted by Crippen LogP contribution is 2.28. The second-order valence-corrected chi connectivity index (χ2v) is 8.38. The van der Waals surface area contributed by atoms with Crippen LogP contribution in [0.25, 0.3) is 0 Å². The van der Waals surface area contributed by atoms with Gasteiger partial charge in [0.05, 0.1) is 17.7 Å². The first-order valence-corrected chi connectivity index (χ1v) is 10.2. The summed E-state index contributed by atoms with van der Waals surface area (Å²) >= 11 is 0. The number of amides is 1. The molecule has 1 N–H and O–H groups in total. The number of hydrogen-bond acceptors (Lipinski definition) is 4. The maximum atomic E-state index is 13.4. The number of rotatable bonds is 5. The lowest BCUT2D eigenvalue weighted by Gasteiger charge is -2.30. The minimum Gasteiger partial charge on any atom is -0.495 e. The Balaban J connectivity index is 1.65. The van der Waals surface area contributed by atoms with Crippen LogP contribution in [0.3, 0.4) is 0 Å². The van der Waals surface area contributed by atoms with Gasteiger partial charge < -0.3 is 10.1 Å². The molecule has 150 valence electrons. The van der Waals surface area contributed by atoms with Gasteiger partial charge in [-0.05, 0) is 43.2 Å². The van der Waals surface area contributed by atoms with Gasteiger partial charge in [0, 0.05) is 19.0 Å². The highest BCUT2D eigenvalue weighted by atomic mass is 32.2. The molecule has 0 spiro atoms. The quantitative estimate of drug-likeness (QED) is 0.822. The van der Waals surface area contributed by atoms with Gasteiger partial charge in [0.1, 0.15) is 5.75 Å². The lowest BCUT2D eigenvalue weighted by atomic mass is 9.97. The topological polar surface area (TPSA) is 75.7 Å². The molecule has 1 heterocycles. The Morgan fingerprint density at radius 1 is 1.11 bits per heavy atom.